The standard InChI is InChI=1S/C40H48ClNO5/c1-6-8-36(45-24-27-10-15-32(44-5)16-11-27)33-17-12-30(33)23-42-25-40(20-7-9-28-21-31(41)14-18-34(28)40)26-46-37-19-13-29(22-35(37)42)38(43)47-39(2,3)4/h6,10-11,13-16,18-19,21-22,30,33,36H,1,7-9,12,17,20,23-26H2,2-5H3/t30-,33+,36?,40-/m0/s1. The number of aryl methyl sites for hydroxylation is 1. The second-order valence-corrected chi connectivity index (χ2v) is 14.9. The molecule has 0 N–H and O–H groups in total. The van der Waals surface area contributed by atoms with Crippen LogP contribution in [-0.2, 0) is 27.9 Å². The minimum Gasteiger partial charge on any atom is -0.497 e. The Morgan fingerprint density at radius 1 is 1.13 bits per heavy atom. The zero-order valence-electron chi connectivity index (χ0n) is 28.2. The van der Waals surface area contributed by atoms with Crippen LogP contribution < -0.4 is 14.4 Å². The number of halogens is 1. The molecule has 3 aliphatic rings. The fourth-order valence-corrected chi connectivity index (χ4v) is 7.82. The van der Waals surface area contributed by atoms with Gasteiger partial charge in [-0.05, 0) is 130 Å². The number of esters is 1. The smallest absolute Gasteiger partial charge is 0.338 e. The molecule has 250 valence electrons. The van der Waals surface area contributed by atoms with Crippen LogP contribution >= 0.6 is 11.6 Å². The Labute approximate surface area is 285 Å². The first kappa shape index (κ1) is 33.4. The highest BCUT2D eigenvalue weighted by Crippen LogP contribution is 2.47. The van der Waals surface area contributed by atoms with Crippen molar-refractivity contribution in [3.63, 3.8) is 0 Å². The van der Waals surface area contributed by atoms with Crippen molar-refractivity contribution >= 4 is 23.3 Å². The Morgan fingerprint density at radius 2 is 1.94 bits per heavy atom. The van der Waals surface area contributed by atoms with Crippen molar-refractivity contribution in [1.29, 1.82) is 0 Å². The molecular formula is C40H48ClNO5. The fourth-order valence-electron chi connectivity index (χ4n) is 7.63. The number of ether oxygens (including phenoxy) is 4. The number of hydrogen-bond acceptors (Lipinski definition) is 6. The average Bonchev–Trinajstić information content (AvgIpc) is 3.18. The van der Waals surface area contributed by atoms with Gasteiger partial charge in [0.15, 0.2) is 0 Å². The van der Waals surface area contributed by atoms with Gasteiger partial charge in [-0.1, -0.05) is 35.9 Å². The van der Waals surface area contributed by atoms with Crippen LogP contribution in [0.2, 0.25) is 5.02 Å². The number of rotatable bonds is 10. The monoisotopic (exact) mass is 657 g/mol. The Kier molecular flexibility index (Phi) is 9.91. The molecule has 6 nitrogen and oxygen atoms in total. The molecule has 1 aliphatic heterocycles. The maximum absolute atomic E-state index is 13.2. The summed E-state index contributed by atoms with van der Waals surface area (Å²) in [5, 5.41) is 0.776. The minimum atomic E-state index is -0.581. The molecule has 4 atom stereocenters. The zero-order valence-corrected chi connectivity index (χ0v) is 29.0. The van der Waals surface area contributed by atoms with Crippen molar-refractivity contribution in [2.75, 3.05) is 31.7 Å². The number of carbonyl (C=O) groups excluding carboxylic acids is 1. The van der Waals surface area contributed by atoms with Gasteiger partial charge in [0.2, 0.25) is 0 Å². The molecule has 1 saturated carbocycles. The van der Waals surface area contributed by atoms with E-state index in [9.17, 15) is 4.79 Å². The predicted molar refractivity (Wildman–Crippen MR) is 188 cm³/mol. The number of carbonyl (C=O) groups is 1. The second kappa shape index (κ2) is 13.9. The zero-order chi connectivity index (χ0) is 33.2. The summed E-state index contributed by atoms with van der Waals surface area (Å²) >= 11 is 6.47. The van der Waals surface area contributed by atoms with Gasteiger partial charge in [-0.3, -0.25) is 0 Å². The molecule has 0 bridgehead atoms. The van der Waals surface area contributed by atoms with E-state index in [1.807, 2.05) is 63.2 Å². The van der Waals surface area contributed by atoms with Crippen molar-refractivity contribution in [3.8, 4) is 11.5 Å². The van der Waals surface area contributed by atoms with Gasteiger partial charge >= 0.3 is 5.97 Å². The second-order valence-electron chi connectivity index (χ2n) is 14.5. The van der Waals surface area contributed by atoms with E-state index < -0.39 is 5.60 Å². The Balaban J connectivity index is 1.29. The molecule has 0 radical (unpaired) electrons. The summed E-state index contributed by atoms with van der Waals surface area (Å²) in [5.74, 6) is 2.16. The SMILES string of the molecule is C=CCC(OCc1ccc(OC)cc1)[C@@H]1CC[C@H]1CN1C[C@@]2(CCCc3cc(Cl)ccc32)COc2ccc(C(=O)OC(C)(C)C)cc21. The third-order valence-corrected chi connectivity index (χ3v) is 10.3. The Morgan fingerprint density at radius 3 is 2.64 bits per heavy atom. The predicted octanol–water partition coefficient (Wildman–Crippen LogP) is 8.96. The maximum Gasteiger partial charge on any atom is 0.338 e. The van der Waals surface area contributed by atoms with Gasteiger partial charge in [-0.25, -0.2) is 4.79 Å². The molecule has 0 aromatic heterocycles. The van der Waals surface area contributed by atoms with E-state index in [0.717, 1.165) is 79.4 Å². The van der Waals surface area contributed by atoms with Crippen LogP contribution in [0.4, 0.5) is 5.69 Å². The first-order chi connectivity index (χ1) is 22.6. The van der Waals surface area contributed by atoms with E-state index in [4.69, 9.17) is 30.5 Å². The summed E-state index contributed by atoms with van der Waals surface area (Å²) in [6, 6.07) is 20.2. The van der Waals surface area contributed by atoms with Gasteiger partial charge < -0.3 is 23.8 Å². The highest BCUT2D eigenvalue weighted by molar-refractivity contribution is 6.30. The Hall–Kier alpha value is -3.48. The minimum absolute atomic E-state index is 0.0793. The van der Waals surface area contributed by atoms with Crippen molar-refractivity contribution in [2.45, 2.75) is 83.0 Å². The van der Waals surface area contributed by atoms with Gasteiger partial charge in [0.25, 0.3) is 0 Å². The van der Waals surface area contributed by atoms with Gasteiger partial charge in [0.05, 0.1) is 37.7 Å². The molecule has 1 heterocycles. The van der Waals surface area contributed by atoms with Gasteiger partial charge in [0.1, 0.15) is 17.1 Å². The molecule has 6 rings (SSSR count). The fraction of sp³-hybridized carbons (Fsp3) is 0.475. The lowest BCUT2D eigenvalue weighted by atomic mass is 9.68. The average molecular weight is 658 g/mol. The van der Waals surface area contributed by atoms with Crippen molar-refractivity contribution in [1.82, 2.24) is 0 Å². The quantitative estimate of drug-likeness (QED) is 0.160. The first-order valence-electron chi connectivity index (χ1n) is 17.0. The molecule has 0 saturated heterocycles. The molecule has 0 amide bonds. The van der Waals surface area contributed by atoms with E-state index in [-0.39, 0.29) is 17.5 Å². The maximum atomic E-state index is 13.2. The first-order valence-corrected chi connectivity index (χ1v) is 17.3. The molecule has 47 heavy (non-hydrogen) atoms. The Bertz CT molecular complexity index is 1580. The molecule has 1 unspecified atom stereocenters. The normalized spacial score (nSPS) is 22.6. The van der Waals surface area contributed by atoms with Gasteiger partial charge in [-0.2, -0.15) is 0 Å². The number of anilines is 1. The summed E-state index contributed by atoms with van der Waals surface area (Å²) in [6.07, 6.45) is 8.24. The number of benzene rings is 3. The van der Waals surface area contributed by atoms with Crippen LogP contribution in [0.1, 0.15) is 79.9 Å². The van der Waals surface area contributed by atoms with E-state index in [1.54, 1.807) is 7.11 Å². The van der Waals surface area contributed by atoms with Crippen molar-refractivity contribution < 1.29 is 23.7 Å². The molecule has 7 heteroatoms. The van der Waals surface area contributed by atoms with Crippen LogP contribution in [-0.4, -0.2) is 44.5 Å². The van der Waals surface area contributed by atoms with E-state index in [0.29, 0.717) is 30.6 Å². The molecule has 1 spiro atoms. The highest BCUT2D eigenvalue weighted by atomic mass is 35.5. The summed E-state index contributed by atoms with van der Waals surface area (Å²) in [5.41, 5.74) is 4.49. The van der Waals surface area contributed by atoms with Crippen LogP contribution in [0, 0.1) is 11.8 Å². The third-order valence-electron chi connectivity index (χ3n) is 10.1. The van der Waals surface area contributed by atoms with Gasteiger partial charge in [0, 0.05) is 23.5 Å². The summed E-state index contributed by atoms with van der Waals surface area (Å²) in [6.45, 7) is 12.5. The molecule has 2 aliphatic carbocycles. The number of nitrogens with zero attached hydrogens (tertiary/aromatic N) is 1. The van der Waals surface area contributed by atoms with Gasteiger partial charge in [-0.15, -0.1) is 6.58 Å². The molecule has 1 fully saturated rings. The van der Waals surface area contributed by atoms with Crippen LogP contribution in [0.5, 0.6) is 11.5 Å². The lowest BCUT2D eigenvalue weighted by Crippen LogP contribution is -2.49. The highest BCUT2D eigenvalue weighted by Gasteiger charge is 2.44. The molecular weight excluding hydrogens is 610 g/mol. The summed E-state index contributed by atoms with van der Waals surface area (Å²) < 4.78 is 24.4. The van der Waals surface area contributed by atoms with E-state index in [1.165, 1.54) is 11.1 Å². The lowest BCUT2D eigenvalue weighted by molar-refractivity contribution is -0.0483. The van der Waals surface area contributed by atoms with Crippen LogP contribution in [0.25, 0.3) is 0 Å². The molecule has 3 aromatic carbocycles. The van der Waals surface area contributed by atoms with Crippen LogP contribution in [0.15, 0.2) is 73.3 Å². The summed E-state index contributed by atoms with van der Waals surface area (Å²) in [7, 11) is 1.68. The number of methoxy groups -OCH3 is 1. The summed E-state index contributed by atoms with van der Waals surface area (Å²) in [4.78, 5) is 15.7. The van der Waals surface area contributed by atoms with Crippen molar-refractivity contribution in [3.05, 3.63) is 101 Å². The van der Waals surface area contributed by atoms with E-state index >= 15 is 0 Å². The number of fused-ring (bicyclic) bond motifs is 3. The largest absolute Gasteiger partial charge is 0.497 e. The van der Waals surface area contributed by atoms with Crippen molar-refractivity contribution in [2.24, 2.45) is 11.8 Å². The third kappa shape index (κ3) is 7.49. The van der Waals surface area contributed by atoms with E-state index in [2.05, 4.69) is 35.7 Å². The molecule has 3 aromatic rings. The topological polar surface area (TPSA) is 57.2 Å². The van der Waals surface area contributed by atoms with Crippen LogP contribution in [0.3, 0.4) is 0 Å². The lowest BCUT2D eigenvalue weighted by Gasteiger charge is -2.46. The number of hydrogen-bond donors (Lipinski definition) is 0.